The van der Waals surface area contributed by atoms with Crippen molar-refractivity contribution in [1.82, 2.24) is 0 Å². The number of aryl methyl sites for hydroxylation is 1. The SMILES string of the molecule is COc1ccc(C)cc1NC(=O)COC(=O)c1cc(Cl)c2c(c1)OCO2. The van der Waals surface area contributed by atoms with E-state index in [9.17, 15) is 9.59 Å². The molecule has 1 aliphatic heterocycles. The van der Waals surface area contributed by atoms with Crippen LogP contribution in [-0.4, -0.2) is 32.4 Å². The summed E-state index contributed by atoms with van der Waals surface area (Å²) in [5.74, 6) is 0.0642. The van der Waals surface area contributed by atoms with Gasteiger partial charge in [0.2, 0.25) is 6.79 Å². The van der Waals surface area contributed by atoms with Crippen molar-refractivity contribution in [2.24, 2.45) is 0 Å². The normalized spacial score (nSPS) is 11.8. The van der Waals surface area contributed by atoms with Crippen molar-refractivity contribution >= 4 is 29.2 Å². The van der Waals surface area contributed by atoms with E-state index < -0.39 is 18.5 Å². The molecule has 0 aliphatic carbocycles. The highest BCUT2D eigenvalue weighted by molar-refractivity contribution is 6.32. The van der Waals surface area contributed by atoms with Crippen molar-refractivity contribution < 1.29 is 28.5 Å². The number of fused-ring (bicyclic) bond motifs is 1. The number of methoxy groups -OCH3 is 1. The van der Waals surface area contributed by atoms with E-state index in [4.69, 9.17) is 30.5 Å². The van der Waals surface area contributed by atoms with Gasteiger partial charge in [0, 0.05) is 0 Å². The molecule has 2 aromatic carbocycles. The molecule has 0 atom stereocenters. The topological polar surface area (TPSA) is 83.1 Å². The van der Waals surface area contributed by atoms with Gasteiger partial charge in [-0.1, -0.05) is 17.7 Å². The molecule has 0 fully saturated rings. The van der Waals surface area contributed by atoms with Gasteiger partial charge in [-0.25, -0.2) is 4.79 Å². The molecule has 8 heteroatoms. The average molecular weight is 378 g/mol. The lowest BCUT2D eigenvalue weighted by atomic mass is 10.2. The fraction of sp³-hybridized carbons (Fsp3) is 0.222. The van der Waals surface area contributed by atoms with Crippen LogP contribution in [0.4, 0.5) is 5.69 Å². The summed E-state index contributed by atoms with van der Waals surface area (Å²) in [7, 11) is 1.50. The Kier molecular flexibility index (Phi) is 5.18. The first kappa shape index (κ1) is 17.9. The molecule has 1 N–H and O–H groups in total. The van der Waals surface area contributed by atoms with Gasteiger partial charge in [-0.2, -0.15) is 0 Å². The number of benzene rings is 2. The minimum Gasteiger partial charge on any atom is -0.495 e. The molecule has 0 aromatic heterocycles. The summed E-state index contributed by atoms with van der Waals surface area (Å²) in [5, 5.41) is 2.89. The van der Waals surface area contributed by atoms with Crippen molar-refractivity contribution in [3.05, 3.63) is 46.5 Å². The number of anilines is 1. The molecule has 7 nitrogen and oxygen atoms in total. The average Bonchev–Trinajstić information content (AvgIpc) is 3.09. The van der Waals surface area contributed by atoms with Gasteiger partial charge < -0.3 is 24.3 Å². The number of carbonyl (C=O) groups excluding carboxylic acids is 2. The van der Waals surface area contributed by atoms with Crippen LogP contribution in [0.15, 0.2) is 30.3 Å². The number of rotatable bonds is 5. The molecule has 0 saturated carbocycles. The van der Waals surface area contributed by atoms with E-state index in [0.717, 1.165) is 5.56 Å². The molecule has 3 rings (SSSR count). The van der Waals surface area contributed by atoms with E-state index in [1.165, 1.54) is 19.2 Å². The second kappa shape index (κ2) is 7.53. The molecule has 1 amide bonds. The molecule has 0 unspecified atom stereocenters. The van der Waals surface area contributed by atoms with Gasteiger partial charge >= 0.3 is 5.97 Å². The Balaban J connectivity index is 1.62. The van der Waals surface area contributed by atoms with Crippen LogP contribution in [0.3, 0.4) is 0 Å². The highest BCUT2D eigenvalue weighted by Crippen LogP contribution is 2.39. The van der Waals surface area contributed by atoms with E-state index in [1.54, 1.807) is 12.1 Å². The first-order chi connectivity index (χ1) is 12.5. The minimum atomic E-state index is -0.698. The molecule has 1 heterocycles. The maximum atomic E-state index is 12.1. The summed E-state index contributed by atoms with van der Waals surface area (Å²) < 4.78 is 20.6. The van der Waals surface area contributed by atoms with Crippen molar-refractivity contribution in [3.63, 3.8) is 0 Å². The van der Waals surface area contributed by atoms with Crippen LogP contribution >= 0.6 is 11.6 Å². The van der Waals surface area contributed by atoms with Crippen LogP contribution in [0, 0.1) is 6.92 Å². The summed E-state index contributed by atoms with van der Waals surface area (Å²) in [6.07, 6.45) is 0. The monoisotopic (exact) mass is 377 g/mol. The number of hydrogen-bond acceptors (Lipinski definition) is 6. The van der Waals surface area contributed by atoms with E-state index in [1.807, 2.05) is 13.0 Å². The second-order valence-corrected chi connectivity index (χ2v) is 5.93. The van der Waals surface area contributed by atoms with Crippen LogP contribution in [0.5, 0.6) is 17.2 Å². The summed E-state index contributed by atoms with van der Waals surface area (Å²) in [5.41, 5.74) is 1.62. The summed E-state index contributed by atoms with van der Waals surface area (Å²) in [6.45, 7) is 1.47. The third-order valence-electron chi connectivity index (χ3n) is 3.63. The molecule has 0 bridgehead atoms. The Labute approximate surface area is 154 Å². The lowest BCUT2D eigenvalue weighted by molar-refractivity contribution is -0.119. The number of ether oxygens (including phenoxy) is 4. The maximum absolute atomic E-state index is 12.1. The van der Waals surface area contributed by atoms with Gasteiger partial charge in [0.05, 0.1) is 23.4 Å². The molecule has 26 heavy (non-hydrogen) atoms. The largest absolute Gasteiger partial charge is 0.495 e. The lowest BCUT2D eigenvalue weighted by Gasteiger charge is -2.11. The zero-order chi connectivity index (χ0) is 18.7. The molecular weight excluding hydrogens is 362 g/mol. The quantitative estimate of drug-likeness (QED) is 0.806. The first-order valence-corrected chi connectivity index (χ1v) is 8.06. The third kappa shape index (κ3) is 3.83. The van der Waals surface area contributed by atoms with Gasteiger partial charge in [-0.15, -0.1) is 0 Å². The van der Waals surface area contributed by atoms with Gasteiger partial charge in [0.1, 0.15) is 5.75 Å². The summed E-state index contributed by atoms with van der Waals surface area (Å²) >= 11 is 6.03. The predicted octanol–water partition coefficient (Wildman–Crippen LogP) is 3.18. The van der Waals surface area contributed by atoms with Crippen LogP contribution in [0.2, 0.25) is 5.02 Å². The molecule has 2 aromatic rings. The van der Waals surface area contributed by atoms with Crippen LogP contribution in [0.1, 0.15) is 15.9 Å². The molecule has 1 aliphatic rings. The first-order valence-electron chi connectivity index (χ1n) is 7.68. The summed E-state index contributed by atoms with van der Waals surface area (Å²) in [6, 6.07) is 8.22. The second-order valence-electron chi connectivity index (χ2n) is 5.52. The minimum absolute atomic E-state index is 0.0360. The lowest BCUT2D eigenvalue weighted by Crippen LogP contribution is -2.21. The van der Waals surface area contributed by atoms with Gasteiger partial charge in [0.25, 0.3) is 5.91 Å². The fourth-order valence-corrected chi connectivity index (χ4v) is 2.67. The van der Waals surface area contributed by atoms with Gasteiger partial charge in [-0.3, -0.25) is 4.79 Å². The molecule has 136 valence electrons. The third-order valence-corrected chi connectivity index (χ3v) is 3.91. The van der Waals surface area contributed by atoms with E-state index in [-0.39, 0.29) is 17.4 Å². The zero-order valence-electron chi connectivity index (χ0n) is 14.1. The summed E-state index contributed by atoms with van der Waals surface area (Å²) in [4.78, 5) is 24.2. The van der Waals surface area contributed by atoms with Gasteiger partial charge in [0.15, 0.2) is 18.1 Å². The van der Waals surface area contributed by atoms with Crippen molar-refractivity contribution in [2.45, 2.75) is 6.92 Å². The van der Waals surface area contributed by atoms with Crippen LogP contribution in [-0.2, 0) is 9.53 Å². The van der Waals surface area contributed by atoms with Crippen molar-refractivity contribution in [2.75, 3.05) is 25.8 Å². The number of nitrogens with one attached hydrogen (secondary N) is 1. The highest BCUT2D eigenvalue weighted by atomic mass is 35.5. The molecular formula is C18H16ClNO6. The van der Waals surface area contributed by atoms with E-state index in [0.29, 0.717) is 22.9 Å². The van der Waals surface area contributed by atoms with Crippen molar-refractivity contribution in [1.29, 1.82) is 0 Å². The number of carbonyl (C=O) groups is 2. The fourth-order valence-electron chi connectivity index (χ4n) is 2.41. The van der Waals surface area contributed by atoms with E-state index in [2.05, 4.69) is 5.32 Å². The highest BCUT2D eigenvalue weighted by Gasteiger charge is 2.21. The standard InChI is InChI=1S/C18H16ClNO6/c1-10-3-4-14(23-2)13(5-10)20-16(21)8-24-18(22)11-6-12(19)17-15(7-11)25-9-26-17/h3-7H,8-9H2,1-2H3,(H,20,21). The Morgan fingerprint density at radius 1 is 1.23 bits per heavy atom. The number of hydrogen-bond donors (Lipinski definition) is 1. The number of esters is 1. The Bertz CT molecular complexity index is 867. The van der Waals surface area contributed by atoms with Crippen LogP contribution < -0.4 is 19.5 Å². The number of halogens is 1. The molecule has 0 saturated heterocycles. The van der Waals surface area contributed by atoms with Crippen LogP contribution in [0.25, 0.3) is 0 Å². The Hall–Kier alpha value is -2.93. The molecule has 0 spiro atoms. The van der Waals surface area contributed by atoms with Crippen molar-refractivity contribution in [3.8, 4) is 17.2 Å². The Morgan fingerprint density at radius 2 is 2.04 bits per heavy atom. The number of amides is 1. The predicted molar refractivity (Wildman–Crippen MR) is 94.2 cm³/mol. The van der Waals surface area contributed by atoms with E-state index >= 15 is 0 Å². The zero-order valence-corrected chi connectivity index (χ0v) is 14.9. The van der Waals surface area contributed by atoms with Gasteiger partial charge in [-0.05, 0) is 36.8 Å². The Morgan fingerprint density at radius 3 is 2.81 bits per heavy atom. The molecule has 0 radical (unpaired) electrons. The smallest absolute Gasteiger partial charge is 0.338 e. The maximum Gasteiger partial charge on any atom is 0.338 e.